The summed E-state index contributed by atoms with van der Waals surface area (Å²) in [6.45, 7) is 8.76. The fourth-order valence-electron chi connectivity index (χ4n) is 8.16. The van der Waals surface area contributed by atoms with Crippen molar-refractivity contribution in [3.8, 4) is 5.75 Å². The summed E-state index contributed by atoms with van der Waals surface area (Å²) in [5.74, 6) is 0.350. The van der Waals surface area contributed by atoms with Crippen molar-refractivity contribution in [1.29, 1.82) is 0 Å². The molecule has 0 heterocycles. The highest BCUT2D eigenvalue weighted by molar-refractivity contribution is 6.00. The van der Waals surface area contributed by atoms with Crippen LogP contribution in [0, 0.1) is 0 Å². The van der Waals surface area contributed by atoms with Crippen LogP contribution in [0.4, 0.5) is 0 Å². The fraction of sp³-hybridized carbons (Fsp3) is 0.849. The summed E-state index contributed by atoms with van der Waals surface area (Å²) in [7, 11) is 0. The molecule has 1 aromatic carbocycles. The number of rotatable bonds is 45. The maximum atomic E-state index is 13.3. The number of hydrogen-bond donors (Lipinski definition) is 2. The number of benzene rings is 1. The molecule has 0 unspecified atom stereocenters. The van der Waals surface area contributed by atoms with E-state index < -0.39 is 0 Å². The van der Waals surface area contributed by atoms with Crippen LogP contribution in [0.1, 0.15) is 292 Å². The van der Waals surface area contributed by atoms with Gasteiger partial charge in [0, 0.05) is 18.7 Å². The van der Waals surface area contributed by atoms with Gasteiger partial charge in [0.25, 0.3) is 11.8 Å². The highest BCUT2D eigenvalue weighted by Gasteiger charge is 2.16. The van der Waals surface area contributed by atoms with Gasteiger partial charge in [0.15, 0.2) is 0 Å². The molecule has 2 N–H and O–H groups in total. The summed E-state index contributed by atoms with van der Waals surface area (Å²) in [5.41, 5.74) is 1.11. The molecule has 0 aromatic heterocycles. The molecule has 0 spiro atoms. The van der Waals surface area contributed by atoms with Crippen LogP contribution in [-0.4, -0.2) is 31.5 Å². The Morgan fingerprint density at radius 2 is 0.672 bits per heavy atom. The number of ether oxygens (including phenoxy) is 1. The Labute approximate surface area is 361 Å². The normalized spacial score (nSPS) is 11.3. The maximum Gasteiger partial charge on any atom is 0.255 e. The van der Waals surface area contributed by atoms with E-state index in [1.165, 1.54) is 212 Å². The molecule has 0 aliphatic rings. The number of nitrogens with one attached hydrogen (secondary N) is 2. The molecule has 0 bridgehead atoms. The Balaban J connectivity index is 2.31. The van der Waals surface area contributed by atoms with E-state index >= 15 is 0 Å². The number of carbonyl (C=O) groups is 2. The topological polar surface area (TPSA) is 67.4 Å². The molecule has 0 radical (unpaired) electrons. The lowest BCUT2D eigenvalue weighted by Gasteiger charge is -2.14. The first-order valence-electron chi connectivity index (χ1n) is 26.0. The van der Waals surface area contributed by atoms with Crippen molar-refractivity contribution < 1.29 is 14.3 Å². The third-order valence-corrected chi connectivity index (χ3v) is 12.1. The summed E-state index contributed by atoms with van der Waals surface area (Å²) >= 11 is 0. The van der Waals surface area contributed by atoms with Gasteiger partial charge < -0.3 is 15.4 Å². The van der Waals surface area contributed by atoms with Gasteiger partial charge in [-0.2, -0.15) is 0 Å². The quantitative estimate of drug-likeness (QED) is 0.0645. The molecule has 0 saturated carbocycles. The van der Waals surface area contributed by atoms with Gasteiger partial charge >= 0.3 is 0 Å². The van der Waals surface area contributed by atoms with Crippen molar-refractivity contribution in [1.82, 2.24) is 10.6 Å². The summed E-state index contributed by atoms with van der Waals surface area (Å²) in [4.78, 5) is 26.4. The third kappa shape index (κ3) is 33.8. The minimum atomic E-state index is -0.101. The lowest BCUT2D eigenvalue weighted by Crippen LogP contribution is -2.26. The second kappa shape index (κ2) is 43.1. The van der Waals surface area contributed by atoms with E-state index in [-0.39, 0.29) is 11.8 Å². The minimum absolute atomic E-state index is 0.0816. The standard InChI is InChI=1S/C53H98N2O3/c1-4-7-10-13-16-18-20-22-24-26-28-30-32-34-37-40-45-54-52(56)49-43-44-50(51(48-49)58-47-42-39-36-15-12-9-6-3)53(57)55-46-41-38-35-33-31-29-27-25-23-21-19-17-14-11-8-5-2/h43-44,48H,4-42,45-47H2,1-3H3,(H,54,56)(H,55,57). The molecule has 338 valence electrons. The van der Waals surface area contributed by atoms with E-state index in [4.69, 9.17) is 4.74 Å². The average Bonchev–Trinajstić information content (AvgIpc) is 3.23. The Morgan fingerprint density at radius 1 is 0.379 bits per heavy atom. The van der Waals surface area contributed by atoms with Gasteiger partial charge in [-0.3, -0.25) is 9.59 Å². The Hall–Kier alpha value is -2.04. The van der Waals surface area contributed by atoms with Gasteiger partial charge in [-0.15, -0.1) is 0 Å². The van der Waals surface area contributed by atoms with E-state index in [1.807, 2.05) is 0 Å². The van der Waals surface area contributed by atoms with Gasteiger partial charge in [0.2, 0.25) is 0 Å². The van der Waals surface area contributed by atoms with Crippen molar-refractivity contribution in [3.05, 3.63) is 29.3 Å². The Morgan fingerprint density at radius 3 is 1.02 bits per heavy atom. The number of unbranched alkanes of at least 4 members (excludes halogenated alkanes) is 36. The SMILES string of the molecule is CCCCCCCCCCCCCCCCCCNC(=O)c1ccc(C(=O)NCCCCCCCCCCCCCCCCCC)c(OCCCCCCCCC)c1. The first-order valence-corrected chi connectivity index (χ1v) is 26.0. The monoisotopic (exact) mass is 811 g/mol. The van der Waals surface area contributed by atoms with Gasteiger partial charge in [0.1, 0.15) is 5.75 Å². The fourth-order valence-corrected chi connectivity index (χ4v) is 8.16. The van der Waals surface area contributed by atoms with Crippen LogP contribution in [0.2, 0.25) is 0 Å². The summed E-state index contributed by atoms with van der Waals surface area (Å²) < 4.78 is 6.21. The third-order valence-electron chi connectivity index (χ3n) is 12.1. The smallest absolute Gasteiger partial charge is 0.255 e. The van der Waals surface area contributed by atoms with Gasteiger partial charge in [0.05, 0.1) is 12.2 Å². The Kier molecular flexibility index (Phi) is 40.1. The molecule has 0 aliphatic carbocycles. The van der Waals surface area contributed by atoms with Gasteiger partial charge in [-0.05, 0) is 37.5 Å². The summed E-state index contributed by atoms with van der Waals surface area (Å²) in [6, 6.07) is 5.35. The second-order valence-electron chi connectivity index (χ2n) is 17.8. The molecule has 5 heteroatoms. The van der Waals surface area contributed by atoms with E-state index in [1.54, 1.807) is 18.2 Å². The first-order chi connectivity index (χ1) is 28.6. The average molecular weight is 811 g/mol. The molecular formula is C53H98N2O3. The lowest BCUT2D eigenvalue weighted by molar-refractivity contribution is 0.0937. The predicted octanol–water partition coefficient (Wildman–Crippen LogP) is 16.8. The van der Waals surface area contributed by atoms with Crippen LogP contribution in [0.15, 0.2) is 18.2 Å². The van der Waals surface area contributed by atoms with Crippen LogP contribution in [0.3, 0.4) is 0 Å². The minimum Gasteiger partial charge on any atom is -0.493 e. The highest BCUT2D eigenvalue weighted by Crippen LogP contribution is 2.22. The zero-order chi connectivity index (χ0) is 41.8. The second-order valence-corrected chi connectivity index (χ2v) is 17.8. The molecule has 1 aromatic rings. The van der Waals surface area contributed by atoms with Crippen LogP contribution in [-0.2, 0) is 0 Å². The molecule has 0 fully saturated rings. The predicted molar refractivity (Wildman–Crippen MR) is 254 cm³/mol. The molecule has 58 heavy (non-hydrogen) atoms. The molecule has 0 atom stereocenters. The summed E-state index contributed by atoms with van der Waals surface area (Å²) in [5, 5.41) is 6.25. The van der Waals surface area contributed by atoms with Crippen molar-refractivity contribution in [2.45, 2.75) is 271 Å². The maximum absolute atomic E-state index is 13.3. The van der Waals surface area contributed by atoms with Crippen LogP contribution >= 0.6 is 0 Å². The van der Waals surface area contributed by atoms with E-state index in [0.29, 0.717) is 36.6 Å². The number of amides is 2. The first kappa shape index (κ1) is 54.0. The van der Waals surface area contributed by atoms with Crippen LogP contribution in [0.25, 0.3) is 0 Å². The van der Waals surface area contributed by atoms with Crippen molar-refractivity contribution in [2.75, 3.05) is 19.7 Å². The molecule has 0 saturated heterocycles. The molecule has 2 amide bonds. The van der Waals surface area contributed by atoms with Crippen molar-refractivity contribution in [2.24, 2.45) is 0 Å². The van der Waals surface area contributed by atoms with Crippen molar-refractivity contribution >= 4 is 11.8 Å². The van der Waals surface area contributed by atoms with Crippen molar-refractivity contribution in [3.63, 3.8) is 0 Å². The van der Waals surface area contributed by atoms with E-state index in [9.17, 15) is 9.59 Å². The largest absolute Gasteiger partial charge is 0.493 e. The van der Waals surface area contributed by atoms with E-state index in [2.05, 4.69) is 31.4 Å². The lowest BCUT2D eigenvalue weighted by atomic mass is 10.0. The Bertz CT molecular complexity index is 1040. The molecule has 1 rings (SSSR count). The zero-order valence-corrected chi connectivity index (χ0v) is 39.2. The number of hydrogen-bond acceptors (Lipinski definition) is 3. The van der Waals surface area contributed by atoms with Crippen LogP contribution in [0.5, 0.6) is 5.75 Å². The summed E-state index contributed by atoms with van der Waals surface area (Å²) in [6.07, 6.45) is 51.4. The van der Waals surface area contributed by atoms with E-state index in [0.717, 1.165) is 38.5 Å². The zero-order valence-electron chi connectivity index (χ0n) is 39.2. The highest BCUT2D eigenvalue weighted by atomic mass is 16.5. The molecule has 0 aliphatic heterocycles. The van der Waals surface area contributed by atoms with Crippen LogP contribution < -0.4 is 15.4 Å². The molecule has 5 nitrogen and oxygen atoms in total. The van der Waals surface area contributed by atoms with Gasteiger partial charge in [-0.1, -0.05) is 252 Å². The number of carbonyl (C=O) groups excluding carboxylic acids is 2. The van der Waals surface area contributed by atoms with Gasteiger partial charge in [-0.25, -0.2) is 0 Å². The molecular weight excluding hydrogens is 713 g/mol.